The molecule has 0 spiro atoms. The molecule has 2 aliphatic rings. The van der Waals surface area contributed by atoms with Gasteiger partial charge in [-0.05, 0) is 60.6 Å². The van der Waals surface area contributed by atoms with Crippen LogP contribution in [0.15, 0.2) is 58.7 Å². The van der Waals surface area contributed by atoms with Gasteiger partial charge in [-0.3, -0.25) is 0 Å². The van der Waals surface area contributed by atoms with Crippen LogP contribution in [0, 0.1) is 11.8 Å². The average Bonchev–Trinajstić information content (AvgIpc) is 2.70. The van der Waals surface area contributed by atoms with E-state index in [1.54, 1.807) is 6.08 Å². The lowest BCUT2D eigenvalue weighted by atomic mass is 9.73. The fourth-order valence-electron chi connectivity index (χ4n) is 3.91. The van der Waals surface area contributed by atoms with E-state index in [2.05, 4.69) is 0 Å². The minimum Gasteiger partial charge on any atom is -0.494 e. The van der Waals surface area contributed by atoms with Gasteiger partial charge in [-0.2, -0.15) is 0 Å². The highest BCUT2D eigenvalue weighted by atomic mass is 35.5. The molecule has 0 aliphatic heterocycles. The van der Waals surface area contributed by atoms with E-state index in [4.69, 9.17) is 16.3 Å². The number of rotatable bonds is 6. The lowest BCUT2D eigenvalue weighted by Crippen LogP contribution is -2.48. The predicted octanol–water partition coefficient (Wildman–Crippen LogP) is 2.33. The molecule has 3 rings (SSSR count). The second kappa shape index (κ2) is 9.25. The summed E-state index contributed by atoms with van der Waals surface area (Å²) in [5.41, 5.74) is 2.49. The monoisotopic (exact) mass is 406 g/mol. The van der Waals surface area contributed by atoms with Gasteiger partial charge in [0.05, 0.1) is 19.3 Å². The van der Waals surface area contributed by atoms with E-state index < -0.39 is 24.2 Å². The number of ether oxygens (including phenoxy) is 1. The van der Waals surface area contributed by atoms with Crippen LogP contribution >= 0.6 is 11.6 Å². The molecule has 0 bridgehead atoms. The van der Waals surface area contributed by atoms with Crippen molar-refractivity contribution < 1.29 is 25.2 Å². The normalized spacial score (nSPS) is 30.4. The topological polar surface area (TPSA) is 90.2 Å². The highest BCUT2D eigenvalue weighted by Gasteiger charge is 2.40. The minimum atomic E-state index is -1.32. The Hall–Kier alpha value is -1.63. The van der Waals surface area contributed by atoms with Crippen LogP contribution in [0.5, 0.6) is 5.75 Å². The molecule has 1 unspecified atom stereocenters. The summed E-state index contributed by atoms with van der Waals surface area (Å²) in [5, 5.41) is 40.7. The summed E-state index contributed by atoms with van der Waals surface area (Å²) < 4.78 is 5.47. The quantitative estimate of drug-likeness (QED) is 0.544. The Morgan fingerprint density at radius 2 is 1.82 bits per heavy atom. The number of aliphatic hydroxyl groups is 4. The molecule has 5 atom stereocenters. The third-order valence-electron chi connectivity index (χ3n) is 5.49. The van der Waals surface area contributed by atoms with Gasteiger partial charge in [0.1, 0.15) is 18.0 Å². The molecule has 6 heteroatoms. The van der Waals surface area contributed by atoms with Crippen molar-refractivity contribution in [2.24, 2.45) is 11.8 Å². The molecule has 0 radical (unpaired) electrons. The van der Waals surface area contributed by atoms with Crippen LogP contribution in [-0.2, 0) is 6.42 Å². The largest absolute Gasteiger partial charge is 0.494 e. The van der Waals surface area contributed by atoms with Crippen LogP contribution in [0.25, 0.3) is 0 Å². The van der Waals surface area contributed by atoms with Gasteiger partial charge >= 0.3 is 0 Å². The van der Waals surface area contributed by atoms with Crippen LogP contribution in [0.4, 0.5) is 0 Å². The van der Waals surface area contributed by atoms with Gasteiger partial charge in [-0.15, -0.1) is 0 Å². The first-order valence-corrected chi connectivity index (χ1v) is 9.95. The highest BCUT2D eigenvalue weighted by Crippen LogP contribution is 2.38. The summed E-state index contributed by atoms with van der Waals surface area (Å²) >= 11 is 6.42. The van der Waals surface area contributed by atoms with Crippen molar-refractivity contribution in [3.8, 4) is 5.75 Å². The van der Waals surface area contributed by atoms with E-state index in [-0.39, 0.29) is 12.5 Å². The molecule has 152 valence electrons. The standard InChI is InChI=1S/C22H27ClO5/c1-2-28-17-6-3-13(4-7-17)9-15-10-14(5-8-19(15)23)18-11-16(12-24)20(25)22(27)21(18)26/h3-8,11,14,18,20-22,24-27H,2,9-10,12H2,1H3/t14?,18-,20+,21-,22-/m0/s1. The molecule has 1 aromatic rings. The number of halogens is 1. The second-order valence-electron chi connectivity index (χ2n) is 7.34. The number of allylic oxidation sites excluding steroid dienone is 4. The maximum Gasteiger partial charge on any atom is 0.119 e. The van der Waals surface area contributed by atoms with Gasteiger partial charge in [0.25, 0.3) is 0 Å². The molecule has 1 aromatic carbocycles. The number of hydrogen-bond donors (Lipinski definition) is 4. The number of benzene rings is 1. The zero-order valence-electron chi connectivity index (χ0n) is 15.8. The van der Waals surface area contributed by atoms with E-state index in [1.807, 2.05) is 43.3 Å². The summed E-state index contributed by atoms with van der Waals surface area (Å²) in [5.74, 6) is 0.336. The van der Waals surface area contributed by atoms with Gasteiger partial charge in [0.2, 0.25) is 0 Å². The molecule has 5 nitrogen and oxygen atoms in total. The second-order valence-corrected chi connectivity index (χ2v) is 7.74. The molecule has 0 saturated heterocycles. The Bertz CT molecular complexity index is 768. The SMILES string of the molecule is CCOc1ccc(CC2=C(Cl)C=CC([C@@H]3C=C(CO)[C@@H](O)[C@H](O)[C@H]3O)C2)cc1. The summed E-state index contributed by atoms with van der Waals surface area (Å²) in [6, 6.07) is 7.88. The fraction of sp³-hybridized carbons (Fsp3) is 0.455. The molecule has 0 amide bonds. The van der Waals surface area contributed by atoms with Gasteiger partial charge in [0, 0.05) is 11.0 Å². The van der Waals surface area contributed by atoms with Crippen LogP contribution < -0.4 is 4.74 Å². The van der Waals surface area contributed by atoms with Gasteiger partial charge in [-0.25, -0.2) is 0 Å². The lowest BCUT2D eigenvalue weighted by Gasteiger charge is -2.38. The summed E-state index contributed by atoms with van der Waals surface area (Å²) in [4.78, 5) is 0. The van der Waals surface area contributed by atoms with Gasteiger partial charge < -0.3 is 25.2 Å². The summed E-state index contributed by atoms with van der Waals surface area (Å²) in [6.45, 7) is 2.21. The van der Waals surface area contributed by atoms with Gasteiger partial charge in [-0.1, -0.05) is 35.9 Å². The maximum atomic E-state index is 10.5. The molecular weight excluding hydrogens is 380 g/mol. The average molecular weight is 407 g/mol. The fourth-order valence-corrected chi connectivity index (χ4v) is 4.13. The lowest BCUT2D eigenvalue weighted by molar-refractivity contribution is -0.0790. The first kappa shape index (κ1) is 21.1. The minimum absolute atomic E-state index is 0.0844. The third-order valence-corrected chi connectivity index (χ3v) is 5.89. The smallest absolute Gasteiger partial charge is 0.119 e. The summed E-state index contributed by atoms with van der Waals surface area (Å²) in [7, 11) is 0. The van der Waals surface area contributed by atoms with Gasteiger partial charge in [0.15, 0.2) is 0 Å². The summed E-state index contributed by atoms with van der Waals surface area (Å²) in [6.07, 6.45) is 3.07. The zero-order chi connectivity index (χ0) is 20.3. The molecular formula is C22H27ClO5. The Balaban J connectivity index is 1.75. The molecule has 0 heterocycles. The molecule has 0 saturated carbocycles. The van der Waals surface area contributed by atoms with Crippen LogP contribution in [-0.4, -0.2) is 52.0 Å². The van der Waals surface area contributed by atoms with Crippen molar-refractivity contribution in [1.82, 2.24) is 0 Å². The van der Waals surface area contributed by atoms with Crippen molar-refractivity contribution in [3.63, 3.8) is 0 Å². The zero-order valence-corrected chi connectivity index (χ0v) is 16.6. The Morgan fingerprint density at radius 1 is 1.11 bits per heavy atom. The Kier molecular flexibility index (Phi) is 6.96. The van der Waals surface area contributed by atoms with E-state index in [0.717, 1.165) is 16.9 Å². The number of hydrogen-bond acceptors (Lipinski definition) is 5. The van der Waals surface area contributed by atoms with Crippen LogP contribution in [0.3, 0.4) is 0 Å². The van der Waals surface area contributed by atoms with E-state index in [1.165, 1.54) is 0 Å². The molecule has 28 heavy (non-hydrogen) atoms. The third kappa shape index (κ3) is 4.50. The Labute approximate surface area is 170 Å². The molecule has 4 N–H and O–H groups in total. The number of aliphatic hydroxyl groups excluding tert-OH is 4. The van der Waals surface area contributed by atoms with E-state index >= 15 is 0 Å². The van der Waals surface area contributed by atoms with Crippen molar-refractivity contribution in [1.29, 1.82) is 0 Å². The highest BCUT2D eigenvalue weighted by molar-refractivity contribution is 6.31. The van der Waals surface area contributed by atoms with Crippen LogP contribution in [0.1, 0.15) is 18.9 Å². The molecule has 2 aliphatic carbocycles. The molecule has 0 fully saturated rings. The van der Waals surface area contributed by atoms with Crippen molar-refractivity contribution in [2.45, 2.75) is 38.1 Å². The van der Waals surface area contributed by atoms with Crippen molar-refractivity contribution >= 4 is 11.6 Å². The van der Waals surface area contributed by atoms with E-state index in [0.29, 0.717) is 30.1 Å². The predicted molar refractivity (Wildman–Crippen MR) is 108 cm³/mol. The van der Waals surface area contributed by atoms with E-state index in [9.17, 15) is 20.4 Å². The Morgan fingerprint density at radius 3 is 2.46 bits per heavy atom. The first-order chi connectivity index (χ1) is 13.4. The van der Waals surface area contributed by atoms with Crippen molar-refractivity contribution in [3.05, 3.63) is 64.2 Å². The van der Waals surface area contributed by atoms with Crippen LogP contribution in [0.2, 0.25) is 0 Å². The van der Waals surface area contributed by atoms with Crippen molar-refractivity contribution in [2.75, 3.05) is 13.2 Å². The first-order valence-electron chi connectivity index (χ1n) is 9.57. The molecule has 0 aromatic heterocycles. The maximum absolute atomic E-state index is 10.5.